The van der Waals surface area contributed by atoms with Crippen molar-refractivity contribution in [2.24, 2.45) is 0 Å². The van der Waals surface area contributed by atoms with E-state index in [0.29, 0.717) is 0 Å². The number of hydrogen-bond acceptors (Lipinski definition) is 1. The molecular formula is C9H16OSi. The molecule has 0 aliphatic rings. The first-order valence-corrected chi connectivity index (χ1v) is 6.63. The normalized spacial score (nSPS) is 12.3. The van der Waals surface area contributed by atoms with Gasteiger partial charge < -0.3 is 4.43 Å². The van der Waals surface area contributed by atoms with Crippen molar-refractivity contribution in [3.63, 3.8) is 0 Å². The average molecular weight is 168 g/mol. The Bertz CT molecular complexity index is 186. The molecule has 0 aliphatic heterocycles. The summed E-state index contributed by atoms with van der Waals surface area (Å²) < 4.78 is 5.71. The summed E-state index contributed by atoms with van der Waals surface area (Å²) >= 11 is 0. The van der Waals surface area contributed by atoms with Crippen LogP contribution in [-0.2, 0) is 4.43 Å². The van der Waals surface area contributed by atoms with Gasteiger partial charge in [-0.15, -0.1) is 13.0 Å². The van der Waals surface area contributed by atoms with Crippen molar-refractivity contribution in [2.45, 2.75) is 32.5 Å². The molecule has 62 valence electrons. The maximum absolute atomic E-state index is 5.71. The number of terminal acetylenes is 1. The van der Waals surface area contributed by atoms with E-state index in [4.69, 9.17) is 10.8 Å². The standard InChI is InChI=1S/C9H16OSi/c1-7-9(3,4)10-11(5,6)8-2/h1,8H,2H2,3-6H3. The van der Waals surface area contributed by atoms with Crippen molar-refractivity contribution in [1.82, 2.24) is 0 Å². The van der Waals surface area contributed by atoms with Crippen LogP contribution in [0.5, 0.6) is 0 Å². The summed E-state index contributed by atoms with van der Waals surface area (Å²) in [6.45, 7) is 11.6. The zero-order chi connectivity index (χ0) is 9.12. The fourth-order valence-electron chi connectivity index (χ4n) is 0.729. The first-order chi connectivity index (χ1) is 4.83. The van der Waals surface area contributed by atoms with Crippen LogP contribution in [-0.4, -0.2) is 13.9 Å². The van der Waals surface area contributed by atoms with E-state index >= 15 is 0 Å². The van der Waals surface area contributed by atoms with Crippen LogP contribution in [0, 0.1) is 12.3 Å². The first kappa shape index (κ1) is 10.5. The van der Waals surface area contributed by atoms with Crippen molar-refractivity contribution in [3.05, 3.63) is 12.3 Å². The summed E-state index contributed by atoms with van der Waals surface area (Å²) in [7, 11) is -1.71. The van der Waals surface area contributed by atoms with E-state index in [1.165, 1.54) is 0 Å². The smallest absolute Gasteiger partial charge is 0.212 e. The van der Waals surface area contributed by atoms with Gasteiger partial charge in [0, 0.05) is 0 Å². The van der Waals surface area contributed by atoms with Crippen LogP contribution in [0.2, 0.25) is 13.1 Å². The molecule has 1 nitrogen and oxygen atoms in total. The Labute approximate surface area is 70.6 Å². The average Bonchev–Trinajstić information content (AvgIpc) is 1.86. The van der Waals surface area contributed by atoms with Gasteiger partial charge in [-0.3, -0.25) is 0 Å². The SMILES string of the molecule is C#CC(C)(C)O[Si](C)(C)C=C. The molecule has 0 spiro atoms. The maximum Gasteiger partial charge on any atom is 0.212 e. The molecule has 0 aromatic heterocycles. The molecular weight excluding hydrogens is 152 g/mol. The molecule has 2 heteroatoms. The predicted molar refractivity (Wildman–Crippen MR) is 51.7 cm³/mol. The summed E-state index contributed by atoms with van der Waals surface area (Å²) in [6.07, 6.45) is 5.28. The quantitative estimate of drug-likeness (QED) is 0.464. The van der Waals surface area contributed by atoms with Crippen LogP contribution in [0.4, 0.5) is 0 Å². The molecule has 0 fully saturated rings. The highest BCUT2D eigenvalue weighted by Crippen LogP contribution is 2.16. The van der Waals surface area contributed by atoms with Gasteiger partial charge in [0.05, 0.1) is 0 Å². The van der Waals surface area contributed by atoms with Gasteiger partial charge in [0.15, 0.2) is 0 Å². The summed E-state index contributed by atoms with van der Waals surface area (Å²) in [5.74, 6) is 2.60. The lowest BCUT2D eigenvalue weighted by Crippen LogP contribution is -2.38. The van der Waals surface area contributed by atoms with E-state index < -0.39 is 13.9 Å². The van der Waals surface area contributed by atoms with E-state index in [0.717, 1.165) is 0 Å². The van der Waals surface area contributed by atoms with Crippen LogP contribution in [0.15, 0.2) is 12.3 Å². The molecule has 0 heterocycles. The Morgan fingerprint density at radius 2 is 2.00 bits per heavy atom. The molecule has 0 radical (unpaired) electrons. The van der Waals surface area contributed by atoms with Crippen LogP contribution < -0.4 is 0 Å². The predicted octanol–water partition coefficient (Wildman–Crippen LogP) is 2.35. The van der Waals surface area contributed by atoms with E-state index in [9.17, 15) is 0 Å². The van der Waals surface area contributed by atoms with Gasteiger partial charge >= 0.3 is 0 Å². The van der Waals surface area contributed by atoms with Crippen LogP contribution >= 0.6 is 0 Å². The molecule has 0 rings (SSSR count). The third-order valence-electron chi connectivity index (χ3n) is 1.36. The van der Waals surface area contributed by atoms with Gasteiger partial charge in [0.1, 0.15) is 5.60 Å². The minimum atomic E-state index is -1.71. The minimum Gasteiger partial charge on any atom is -0.398 e. The van der Waals surface area contributed by atoms with Crippen molar-refractivity contribution in [1.29, 1.82) is 0 Å². The molecule has 0 unspecified atom stereocenters. The second-order valence-corrected chi connectivity index (χ2v) is 7.38. The van der Waals surface area contributed by atoms with E-state index in [2.05, 4.69) is 25.6 Å². The van der Waals surface area contributed by atoms with Crippen LogP contribution in [0.3, 0.4) is 0 Å². The van der Waals surface area contributed by atoms with E-state index in [1.54, 1.807) is 0 Å². The maximum atomic E-state index is 5.71. The molecule has 0 N–H and O–H groups in total. The molecule has 11 heavy (non-hydrogen) atoms. The first-order valence-electron chi connectivity index (χ1n) is 3.64. The van der Waals surface area contributed by atoms with Gasteiger partial charge in [-0.25, -0.2) is 0 Å². The molecule has 0 amide bonds. The third-order valence-corrected chi connectivity index (χ3v) is 3.38. The molecule has 0 aromatic rings. The van der Waals surface area contributed by atoms with Crippen molar-refractivity contribution >= 4 is 8.32 Å². The Kier molecular flexibility index (Phi) is 3.09. The molecule has 0 bridgehead atoms. The number of rotatable bonds is 3. The van der Waals surface area contributed by atoms with Gasteiger partial charge in [-0.2, -0.15) is 0 Å². The summed E-state index contributed by atoms with van der Waals surface area (Å²) in [6, 6.07) is 0. The zero-order valence-electron chi connectivity index (χ0n) is 7.77. The molecule has 0 saturated heterocycles. The lowest BCUT2D eigenvalue weighted by molar-refractivity contribution is 0.167. The Balaban J connectivity index is 4.27. The van der Waals surface area contributed by atoms with Gasteiger partial charge in [-0.05, 0) is 26.9 Å². The third kappa shape index (κ3) is 4.02. The zero-order valence-corrected chi connectivity index (χ0v) is 8.77. The van der Waals surface area contributed by atoms with Crippen molar-refractivity contribution in [3.8, 4) is 12.3 Å². The highest BCUT2D eigenvalue weighted by atomic mass is 28.4. The van der Waals surface area contributed by atoms with Gasteiger partial charge in [0.2, 0.25) is 8.32 Å². The largest absolute Gasteiger partial charge is 0.398 e. The fourth-order valence-corrected chi connectivity index (χ4v) is 2.19. The summed E-state index contributed by atoms with van der Waals surface area (Å²) in [5.41, 5.74) is 1.43. The van der Waals surface area contributed by atoms with Crippen molar-refractivity contribution < 1.29 is 4.43 Å². The van der Waals surface area contributed by atoms with Gasteiger partial charge in [-0.1, -0.05) is 11.6 Å². The Morgan fingerprint density at radius 1 is 1.55 bits per heavy atom. The minimum absolute atomic E-state index is 0.454. The van der Waals surface area contributed by atoms with Gasteiger partial charge in [0.25, 0.3) is 0 Å². The highest BCUT2D eigenvalue weighted by molar-refractivity contribution is 6.76. The van der Waals surface area contributed by atoms with E-state index in [-0.39, 0.29) is 0 Å². The van der Waals surface area contributed by atoms with Crippen molar-refractivity contribution in [2.75, 3.05) is 0 Å². The molecule has 0 saturated carbocycles. The molecule has 0 aliphatic carbocycles. The van der Waals surface area contributed by atoms with Crippen LogP contribution in [0.25, 0.3) is 0 Å². The molecule has 0 atom stereocenters. The second-order valence-electron chi connectivity index (χ2n) is 3.56. The number of hydrogen-bond donors (Lipinski definition) is 0. The molecule has 0 aromatic carbocycles. The summed E-state index contributed by atoms with van der Waals surface area (Å²) in [5, 5.41) is 0. The summed E-state index contributed by atoms with van der Waals surface area (Å²) in [4.78, 5) is 0. The fraction of sp³-hybridized carbons (Fsp3) is 0.556. The van der Waals surface area contributed by atoms with E-state index in [1.807, 2.05) is 19.5 Å². The lowest BCUT2D eigenvalue weighted by atomic mass is 10.2. The monoisotopic (exact) mass is 168 g/mol. The Morgan fingerprint density at radius 3 is 2.27 bits per heavy atom. The highest BCUT2D eigenvalue weighted by Gasteiger charge is 2.26. The van der Waals surface area contributed by atoms with Crippen LogP contribution in [0.1, 0.15) is 13.8 Å². The second kappa shape index (κ2) is 3.25. The Hall–Kier alpha value is -0.523. The lowest BCUT2D eigenvalue weighted by Gasteiger charge is -2.28. The topological polar surface area (TPSA) is 9.23 Å².